The maximum atomic E-state index is 5.21. The third-order valence-electron chi connectivity index (χ3n) is 7.10. The molecule has 0 spiro atoms. The summed E-state index contributed by atoms with van der Waals surface area (Å²) >= 11 is 1.65. The minimum atomic E-state index is 0.694. The Balaban J connectivity index is 1.50. The van der Waals surface area contributed by atoms with Crippen molar-refractivity contribution in [2.24, 2.45) is 0 Å². The molecule has 0 fully saturated rings. The highest BCUT2D eigenvalue weighted by Gasteiger charge is 2.20. The van der Waals surface area contributed by atoms with Crippen molar-refractivity contribution in [1.29, 1.82) is 0 Å². The lowest BCUT2D eigenvalue weighted by atomic mass is 10.1. The SMILES string of the molecule is c1ccc(-c2nc(-n3c4ccccc4c4ccc5c(ccn5-c5ccccc5)c43)nc3sccc23)cc1. The van der Waals surface area contributed by atoms with Crippen LogP contribution in [-0.4, -0.2) is 19.1 Å². The van der Waals surface area contributed by atoms with Crippen LogP contribution in [0.2, 0.25) is 0 Å². The summed E-state index contributed by atoms with van der Waals surface area (Å²) in [7, 11) is 0. The molecule has 0 saturated carbocycles. The van der Waals surface area contributed by atoms with Gasteiger partial charge in [0.1, 0.15) is 4.83 Å². The van der Waals surface area contributed by atoms with Gasteiger partial charge in [0.05, 0.1) is 22.2 Å². The molecule has 0 N–H and O–H groups in total. The van der Waals surface area contributed by atoms with Crippen LogP contribution < -0.4 is 0 Å². The van der Waals surface area contributed by atoms with Crippen LogP contribution in [0.1, 0.15) is 0 Å². The van der Waals surface area contributed by atoms with Gasteiger partial charge in [-0.3, -0.25) is 4.57 Å². The molecule has 4 heterocycles. The van der Waals surface area contributed by atoms with Gasteiger partial charge in [0.25, 0.3) is 0 Å². The van der Waals surface area contributed by atoms with Crippen LogP contribution in [0, 0.1) is 0 Å². The molecule has 0 amide bonds. The number of hydrogen-bond donors (Lipinski definition) is 0. The number of nitrogens with zero attached hydrogens (tertiary/aromatic N) is 4. The molecule has 174 valence electrons. The predicted molar refractivity (Wildman–Crippen MR) is 154 cm³/mol. The number of rotatable bonds is 3. The van der Waals surface area contributed by atoms with E-state index in [9.17, 15) is 0 Å². The minimum Gasteiger partial charge on any atom is -0.316 e. The van der Waals surface area contributed by atoms with E-state index >= 15 is 0 Å². The summed E-state index contributed by atoms with van der Waals surface area (Å²) in [5, 5.41) is 6.75. The fraction of sp³-hybridized carbons (Fsp3) is 0. The first-order valence-electron chi connectivity index (χ1n) is 12.3. The van der Waals surface area contributed by atoms with E-state index in [1.54, 1.807) is 11.3 Å². The normalized spacial score (nSPS) is 11.8. The van der Waals surface area contributed by atoms with Gasteiger partial charge in [0.15, 0.2) is 0 Å². The monoisotopic (exact) mass is 492 g/mol. The molecule has 0 aliphatic carbocycles. The van der Waals surface area contributed by atoms with Gasteiger partial charge in [-0.25, -0.2) is 9.97 Å². The van der Waals surface area contributed by atoms with E-state index < -0.39 is 0 Å². The van der Waals surface area contributed by atoms with Crippen molar-refractivity contribution in [3.05, 3.63) is 121 Å². The summed E-state index contributed by atoms with van der Waals surface area (Å²) in [6.07, 6.45) is 2.15. The number of benzene rings is 4. The number of para-hydroxylation sites is 2. The predicted octanol–water partition coefficient (Wildman–Crippen LogP) is 8.40. The van der Waals surface area contributed by atoms with Gasteiger partial charge >= 0.3 is 0 Å². The second kappa shape index (κ2) is 7.88. The molecule has 0 atom stereocenters. The van der Waals surface area contributed by atoms with E-state index in [2.05, 4.69) is 118 Å². The van der Waals surface area contributed by atoms with Crippen LogP contribution in [0.4, 0.5) is 0 Å². The summed E-state index contributed by atoms with van der Waals surface area (Å²) in [5.41, 5.74) is 6.58. The topological polar surface area (TPSA) is 35.6 Å². The maximum absolute atomic E-state index is 5.21. The van der Waals surface area contributed by atoms with Crippen molar-refractivity contribution in [3.8, 4) is 22.9 Å². The molecule has 8 rings (SSSR count). The van der Waals surface area contributed by atoms with Gasteiger partial charge in [-0.05, 0) is 41.8 Å². The Hall–Kier alpha value is -4.74. The van der Waals surface area contributed by atoms with Crippen molar-refractivity contribution in [3.63, 3.8) is 0 Å². The quantitative estimate of drug-likeness (QED) is 0.248. The van der Waals surface area contributed by atoms with E-state index in [0.29, 0.717) is 5.95 Å². The maximum Gasteiger partial charge on any atom is 0.236 e. The molecule has 4 aromatic heterocycles. The van der Waals surface area contributed by atoms with Gasteiger partial charge in [0.2, 0.25) is 5.95 Å². The van der Waals surface area contributed by atoms with Crippen molar-refractivity contribution >= 4 is 54.3 Å². The average molecular weight is 493 g/mol. The Morgan fingerprint density at radius 2 is 1.35 bits per heavy atom. The molecule has 4 aromatic carbocycles. The van der Waals surface area contributed by atoms with E-state index in [1.165, 1.54) is 16.2 Å². The molecule has 0 saturated heterocycles. The fourth-order valence-electron chi connectivity index (χ4n) is 5.46. The van der Waals surface area contributed by atoms with Crippen LogP contribution in [0.25, 0.3) is 65.8 Å². The van der Waals surface area contributed by atoms with Crippen LogP contribution in [-0.2, 0) is 0 Å². The van der Waals surface area contributed by atoms with E-state index in [-0.39, 0.29) is 0 Å². The molecule has 0 bridgehead atoms. The van der Waals surface area contributed by atoms with Crippen molar-refractivity contribution < 1.29 is 0 Å². The standard InChI is InChI=1S/C32H20N4S/c1-3-9-21(10-4-1)29-26-18-20-37-31(26)34-32(33-29)36-28-14-8-7-13-23(28)24-15-16-27-25(30(24)36)17-19-35(27)22-11-5-2-6-12-22/h1-20H. The lowest BCUT2D eigenvalue weighted by Crippen LogP contribution is -2.02. The Morgan fingerprint density at radius 1 is 0.568 bits per heavy atom. The van der Waals surface area contributed by atoms with Crippen molar-refractivity contribution in [2.45, 2.75) is 0 Å². The summed E-state index contributed by atoms with van der Waals surface area (Å²) in [4.78, 5) is 11.3. The smallest absolute Gasteiger partial charge is 0.236 e. The van der Waals surface area contributed by atoms with Gasteiger partial charge in [-0.15, -0.1) is 11.3 Å². The Morgan fingerprint density at radius 3 is 2.22 bits per heavy atom. The van der Waals surface area contributed by atoms with E-state index in [1.807, 2.05) is 12.1 Å². The highest BCUT2D eigenvalue weighted by atomic mass is 32.1. The van der Waals surface area contributed by atoms with Crippen LogP contribution in [0.5, 0.6) is 0 Å². The van der Waals surface area contributed by atoms with Crippen LogP contribution >= 0.6 is 11.3 Å². The zero-order valence-electron chi connectivity index (χ0n) is 19.7. The zero-order chi connectivity index (χ0) is 24.3. The molecule has 37 heavy (non-hydrogen) atoms. The van der Waals surface area contributed by atoms with Crippen molar-refractivity contribution in [2.75, 3.05) is 0 Å². The zero-order valence-corrected chi connectivity index (χ0v) is 20.6. The second-order valence-electron chi connectivity index (χ2n) is 9.15. The molecule has 5 heteroatoms. The molecule has 0 aliphatic rings. The first kappa shape index (κ1) is 20.5. The third kappa shape index (κ3) is 3.01. The minimum absolute atomic E-state index is 0.694. The van der Waals surface area contributed by atoms with E-state index in [0.717, 1.165) is 43.7 Å². The number of thiophene rings is 1. The summed E-state index contributed by atoms with van der Waals surface area (Å²) < 4.78 is 4.49. The third-order valence-corrected chi connectivity index (χ3v) is 7.90. The lowest BCUT2D eigenvalue weighted by Gasteiger charge is -2.11. The number of hydrogen-bond acceptors (Lipinski definition) is 3. The van der Waals surface area contributed by atoms with Crippen molar-refractivity contribution in [1.82, 2.24) is 19.1 Å². The number of aromatic nitrogens is 4. The lowest BCUT2D eigenvalue weighted by molar-refractivity contribution is 1.02. The summed E-state index contributed by atoms with van der Waals surface area (Å²) in [6, 6.07) is 38.2. The molecule has 4 nitrogen and oxygen atoms in total. The first-order chi connectivity index (χ1) is 18.4. The Bertz CT molecular complexity index is 2080. The Kier molecular flexibility index (Phi) is 4.36. The second-order valence-corrected chi connectivity index (χ2v) is 10.0. The molecule has 0 unspecified atom stereocenters. The van der Waals surface area contributed by atoms with Gasteiger partial charge < -0.3 is 4.57 Å². The first-order valence-corrected chi connectivity index (χ1v) is 13.1. The molecule has 8 aromatic rings. The Labute approximate surface area is 216 Å². The number of fused-ring (bicyclic) bond motifs is 6. The molecular formula is C32H20N4S. The van der Waals surface area contributed by atoms with E-state index in [4.69, 9.17) is 9.97 Å². The highest BCUT2D eigenvalue weighted by Crippen LogP contribution is 2.38. The summed E-state index contributed by atoms with van der Waals surface area (Å²) in [5.74, 6) is 0.694. The molecule has 0 radical (unpaired) electrons. The van der Waals surface area contributed by atoms with Gasteiger partial charge in [-0.2, -0.15) is 0 Å². The largest absolute Gasteiger partial charge is 0.316 e. The fourth-order valence-corrected chi connectivity index (χ4v) is 6.22. The molecular weight excluding hydrogens is 472 g/mol. The van der Waals surface area contributed by atoms with Crippen LogP contribution in [0.3, 0.4) is 0 Å². The summed E-state index contributed by atoms with van der Waals surface area (Å²) in [6.45, 7) is 0. The average Bonchev–Trinajstić information content (AvgIpc) is 3.69. The highest BCUT2D eigenvalue weighted by molar-refractivity contribution is 7.16. The van der Waals surface area contributed by atoms with Crippen LogP contribution in [0.15, 0.2) is 121 Å². The van der Waals surface area contributed by atoms with Gasteiger partial charge in [-0.1, -0.05) is 72.8 Å². The molecule has 0 aliphatic heterocycles. The van der Waals surface area contributed by atoms with Gasteiger partial charge in [0, 0.05) is 39.0 Å².